The first kappa shape index (κ1) is 16.8. The van der Waals surface area contributed by atoms with Crippen molar-refractivity contribution in [2.45, 2.75) is 18.9 Å². The second kappa shape index (κ2) is 8.14. The van der Waals surface area contributed by atoms with Crippen molar-refractivity contribution < 1.29 is 4.74 Å². The van der Waals surface area contributed by atoms with E-state index in [-0.39, 0.29) is 30.1 Å². The van der Waals surface area contributed by atoms with Crippen LogP contribution in [0.1, 0.15) is 12.8 Å². The van der Waals surface area contributed by atoms with Gasteiger partial charge in [0, 0.05) is 44.4 Å². The van der Waals surface area contributed by atoms with Gasteiger partial charge in [-0.3, -0.25) is 4.99 Å². The predicted octanol–water partition coefficient (Wildman–Crippen LogP) is 1.38. The van der Waals surface area contributed by atoms with Crippen LogP contribution in [-0.4, -0.2) is 61.3 Å². The second-order valence-corrected chi connectivity index (χ2v) is 6.00. The van der Waals surface area contributed by atoms with Crippen LogP contribution in [0.5, 0.6) is 0 Å². The molecule has 118 valence electrons. The molecule has 8 heteroatoms. The lowest BCUT2D eigenvalue weighted by Gasteiger charge is -2.35. The minimum atomic E-state index is 0. The van der Waals surface area contributed by atoms with Crippen LogP contribution in [0.25, 0.3) is 0 Å². The second-order valence-electron chi connectivity index (χ2n) is 5.12. The lowest BCUT2D eigenvalue weighted by molar-refractivity contribution is 0.117. The number of ether oxygens (including phenoxy) is 1. The fraction of sp³-hybridized carbons (Fsp3) is 0.692. The molecule has 0 aliphatic carbocycles. The molecule has 1 unspecified atom stereocenters. The Labute approximate surface area is 146 Å². The molecule has 21 heavy (non-hydrogen) atoms. The first-order chi connectivity index (χ1) is 9.83. The van der Waals surface area contributed by atoms with Gasteiger partial charge in [-0.2, -0.15) is 0 Å². The molecule has 1 aromatic heterocycles. The Hall–Kier alpha value is -0.610. The number of halogens is 1. The van der Waals surface area contributed by atoms with Crippen LogP contribution >= 0.6 is 35.3 Å². The fourth-order valence-corrected chi connectivity index (χ4v) is 3.28. The number of nitrogens with zero attached hydrogens (tertiary/aromatic N) is 4. The summed E-state index contributed by atoms with van der Waals surface area (Å²) in [7, 11) is 0. The fourth-order valence-electron chi connectivity index (χ4n) is 2.58. The zero-order valence-corrected chi connectivity index (χ0v) is 15.1. The van der Waals surface area contributed by atoms with Crippen molar-refractivity contribution in [3.63, 3.8) is 0 Å². The summed E-state index contributed by atoms with van der Waals surface area (Å²) in [4.78, 5) is 13.3. The molecule has 0 amide bonds. The van der Waals surface area contributed by atoms with E-state index in [0.717, 1.165) is 50.8 Å². The molecule has 2 N–H and O–H groups in total. The molecule has 6 nitrogen and oxygen atoms in total. The van der Waals surface area contributed by atoms with Crippen LogP contribution in [-0.2, 0) is 4.74 Å². The molecule has 1 atom stereocenters. The zero-order chi connectivity index (χ0) is 13.8. The molecule has 2 aliphatic rings. The molecule has 0 saturated carbocycles. The molecule has 2 fully saturated rings. The molecule has 0 spiro atoms. The summed E-state index contributed by atoms with van der Waals surface area (Å²) in [5, 5.41) is 3.11. The molecule has 0 radical (unpaired) electrons. The first-order valence-corrected chi connectivity index (χ1v) is 8.02. The quantitative estimate of drug-likeness (QED) is 0.452. The lowest BCUT2D eigenvalue weighted by atomic mass is 10.2. The van der Waals surface area contributed by atoms with E-state index in [2.05, 4.69) is 19.8 Å². The Kier molecular flexibility index (Phi) is 6.49. The number of piperazine rings is 1. The Bertz CT molecular complexity index is 441. The predicted molar refractivity (Wildman–Crippen MR) is 96.8 cm³/mol. The summed E-state index contributed by atoms with van der Waals surface area (Å²) in [6.07, 6.45) is 4.37. The van der Waals surface area contributed by atoms with Gasteiger partial charge in [-0.15, -0.1) is 35.3 Å². The van der Waals surface area contributed by atoms with Crippen molar-refractivity contribution in [3.05, 3.63) is 11.6 Å². The number of anilines is 1. The van der Waals surface area contributed by atoms with Crippen molar-refractivity contribution in [1.29, 1.82) is 0 Å². The number of hydrogen-bond acceptors (Lipinski definition) is 5. The van der Waals surface area contributed by atoms with E-state index in [1.165, 1.54) is 0 Å². The number of thiazole rings is 1. The van der Waals surface area contributed by atoms with Crippen molar-refractivity contribution in [1.82, 2.24) is 9.88 Å². The molecule has 0 aromatic carbocycles. The number of aliphatic imine (C=N–C) groups is 1. The van der Waals surface area contributed by atoms with E-state index in [0.29, 0.717) is 12.5 Å². The molecular formula is C13H22IN5OS. The van der Waals surface area contributed by atoms with Gasteiger partial charge in [-0.05, 0) is 12.8 Å². The summed E-state index contributed by atoms with van der Waals surface area (Å²) in [5.41, 5.74) is 6.08. The molecular weight excluding hydrogens is 401 g/mol. The van der Waals surface area contributed by atoms with Crippen molar-refractivity contribution in [2.24, 2.45) is 10.7 Å². The molecule has 2 aliphatic heterocycles. The summed E-state index contributed by atoms with van der Waals surface area (Å²) < 4.78 is 5.56. The average molecular weight is 423 g/mol. The molecule has 3 rings (SSSR count). The Morgan fingerprint density at radius 2 is 2.24 bits per heavy atom. The van der Waals surface area contributed by atoms with Crippen LogP contribution < -0.4 is 10.6 Å². The van der Waals surface area contributed by atoms with E-state index in [9.17, 15) is 0 Å². The Balaban J connectivity index is 0.00000161. The summed E-state index contributed by atoms with van der Waals surface area (Å²) in [6.45, 7) is 5.26. The van der Waals surface area contributed by atoms with Gasteiger partial charge in [0.25, 0.3) is 0 Å². The highest BCUT2D eigenvalue weighted by molar-refractivity contribution is 14.0. The highest BCUT2D eigenvalue weighted by Gasteiger charge is 2.20. The minimum Gasteiger partial charge on any atom is -0.376 e. The highest BCUT2D eigenvalue weighted by Crippen LogP contribution is 2.18. The largest absolute Gasteiger partial charge is 0.376 e. The maximum atomic E-state index is 6.08. The van der Waals surface area contributed by atoms with Crippen LogP contribution in [0.15, 0.2) is 16.6 Å². The van der Waals surface area contributed by atoms with Crippen LogP contribution in [0, 0.1) is 0 Å². The third kappa shape index (κ3) is 4.43. The standard InChI is InChI=1S/C13H21N5OS.HI/c14-12(16-10-11-2-1-8-19-11)17-4-6-18(7-5-17)13-15-3-9-20-13;/h3,9,11H,1-2,4-8,10H2,(H2,14,16);1H. The normalized spacial score (nSPS) is 23.2. The topological polar surface area (TPSA) is 67.0 Å². The smallest absolute Gasteiger partial charge is 0.191 e. The SMILES string of the molecule is I.NC(=NCC1CCCO1)N1CCN(c2nccs2)CC1. The maximum absolute atomic E-state index is 6.08. The van der Waals surface area contributed by atoms with Gasteiger partial charge >= 0.3 is 0 Å². The summed E-state index contributed by atoms with van der Waals surface area (Å²) in [5.74, 6) is 0.652. The van der Waals surface area contributed by atoms with E-state index in [1.807, 2.05) is 11.6 Å². The monoisotopic (exact) mass is 423 g/mol. The van der Waals surface area contributed by atoms with Gasteiger partial charge < -0.3 is 20.3 Å². The van der Waals surface area contributed by atoms with Gasteiger partial charge in [0.15, 0.2) is 11.1 Å². The molecule has 3 heterocycles. The summed E-state index contributed by atoms with van der Waals surface area (Å²) >= 11 is 1.68. The van der Waals surface area contributed by atoms with E-state index >= 15 is 0 Å². The van der Waals surface area contributed by atoms with Gasteiger partial charge in [0.1, 0.15) is 0 Å². The van der Waals surface area contributed by atoms with E-state index in [1.54, 1.807) is 11.3 Å². The summed E-state index contributed by atoms with van der Waals surface area (Å²) in [6, 6.07) is 0. The lowest BCUT2D eigenvalue weighted by Crippen LogP contribution is -2.51. The van der Waals surface area contributed by atoms with Crippen LogP contribution in [0.3, 0.4) is 0 Å². The Morgan fingerprint density at radius 3 is 2.86 bits per heavy atom. The number of guanidine groups is 1. The molecule has 0 bridgehead atoms. The number of nitrogens with two attached hydrogens (primary N) is 1. The maximum Gasteiger partial charge on any atom is 0.191 e. The van der Waals surface area contributed by atoms with Crippen molar-refractivity contribution in [2.75, 3.05) is 44.2 Å². The van der Waals surface area contributed by atoms with Crippen molar-refractivity contribution in [3.8, 4) is 0 Å². The van der Waals surface area contributed by atoms with Gasteiger partial charge in [0.05, 0.1) is 12.6 Å². The van der Waals surface area contributed by atoms with E-state index in [4.69, 9.17) is 10.5 Å². The number of aromatic nitrogens is 1. The molecule has 2 saturated heterocycles. The van der Waals surface area contributed by atoms with Gasteiger partial charge in [-0.1, -0.05) is 0 Å². The minimum absolute atomic E-state index is 0. The third-order valence-corrected chi connectivity index (χ3v) is 4.61. The third-order valence-electron chi connectivity index (χ3n) is 3.77. The number of hydrogen-bond donors (Lipinski definition) is 1. The first-order valence-electron chi connectivity index (χ1n) is 7.14. The van der Waals surface area contributed by atoms with Crippen LogP contribution in [0.2, 0.25) is 0 Å². The van der Waals surface area contributed by atoms with Gasteiger partial charge in [-0.25, -0.2) is 4.98 Å². The van der Waals surface area contributed by atoms with E-state index < -0.39 is 0 Å². The van der Waals surface area contributed by atoms with Crippen molar-refractivity contribution >= 4 is 46.4 Å². The number of rotatable bonds is 3. The molecule has 1 aromatic rings. The highest BCUT2D eigenvalue weighted by atomic mass is 127. The van der Waals surface area contributed by atoms with Crippen LogP contribution in [0.4, 0.5) is 5.13 Å². The van der Waals surface area contributed by atoms with Gasteiger partial charge in [0.2, 0.25) is 0 Å². The Morgan fingerprint density at radius 1 is 1.43 bits per heavy atom. The zero-order valence-electron chi connectivity index (χ0n) is 12.0. The average Bonchev–Trinajstić information content (AvgIpc) is 3.18.